The third kappa shape index (κ3) is 4.15. The van der Waals surface area contributed by atoms with Crippen molar-refractivity contribution in [3.8, 4) is 6.07 Å². The topological polar surface area (TPSA) is 64.4 Å². The zero-order chi connectivity index (χ0) is 26.0. The van der Waals surface area contributed by atoms with Crippen molar-refractivity contribution < 1.29 is 9.59 Å². The van der Waals surface area contributed by atoms with Crippen LogP contribution in [0.4, 0.5) is 5.69 Å². The van der Waals surface area contributed by atoms with E-state index in [9.17, 15) is 14.9 Å². The highest BCUT2D eigenvalue weighted by atomic mass is 16.2. The van der Waals surface area contributed by atoms with E-state index in [2.05, 4.69) is 62.1 Å². The van der Waals surface area contributed by atoms with E-state index in [1.807, 2.05) is 25.1 Å². The number of fused-ring (bicyclic) bond motifs is 3. The summed E-state index contributed by atoms with van der Waals surface area (Å²) in [5, 5.41) is 12.1. The average molecular weight is 482 g/mol. The number of anilines is 1. The zero-order valence-corrected chi connectivity index (χ0v) is 22.0. The number of carbonyl (C=O) groups is 2. The monoisotopic (exact) mass is 481 g/mol. The van der Waals surface area contributed by atoms with Gasteiger partial charge < -0.3 is 4.90 Å². The molecule has 0 unspecified atom stereocenters. The van der Waals surface area contributed by atoms with Crippen LogP contribution >= 0.6 is 0 Å². The van der Waals surface area contributed by atoms with Gasteiger partial charge >= 0.3 is 0 Å². The minimum absolute atomic E-state index is 0.0538. The van der Waals surface area contributed by atoms with Crippen molar-refractivity contribution in [1.29, 1.82) is 5.26 Å². The molecule has 0 spiro atoms. The first kappa shape index (κ1) is 25.4. The van der Waals surface area contributed by atoms with Crippen LogP contribution in [0.1, 0.15) is 65.9 Å². The lowest BCUT2D eigenvalue weighted by Crippen LogP contribution is -2.43. The predicted octanol–water partition coefficient (Wildman–Crippen LogP) is 6.56. The highest BCUT2D eigenvalue weighted by molar-refractivity contribution is 6.18. The first-order valence-electron chi connectivity index (χ1n) is 13.0. The second-order valence-corrected chi connectivity index (χ2v) is 10.2. The molecule has 0 bridgehead atoms. The summed E-state index contributed by atoms with van der Waals surface area (Å²) < 4.78 is 0. The van der Waals surface area contributed by atoms with Crippen molar-refractivity contribution >= 4 is 28.3 Å². The Hall–Kier alpha value is -3.65. The second-order valence-electron chi connectivity index (χ2n) is 10.2. The quantitative estimate of drug-likeness (QED) is 0.332. The summed E-state index contributed by atoms with van der Waals surface area (Å²) in [4.78, 5) is 29.8. The van der Waals surface area contributed by atoms with Gasteiger partial charge in [-0.25, -0.2) is 0 Å². The summed E-state index contributed by atoms with van der Waals surface area (Å²) in [7, 11) is 0. The van der Waals surface area contributed by atoms with Gasteiger partial charge in [0.1, 0.15) is 11.6 Å². The molecule has 2 amide bonds. The van der Waals surface area contributed by atoms with Crippen LogP contribution in [0, 0.1) is 11.3 Å². The number of nitrogens with zero attached hydrogens (tertiary/aromatic N) is 3. The van der Waals surface area contributed by atoms with Gasteiger partial charge in [0.05, 0.1) is 0 Å². The molecule has 0 N–H and O–H groups in total. The van der Waals surface area contributed by atoms with Crippen LogP contribution in [0.2, 0.25) is 0 Å². The van der Waals surface area contributed by atoms with Crippen LogP contribution < -0.4 is 4.90 Å². The van der Waals surface area contributed by atoms with E-state index in [0.717, 1.165) is 31.5 Å². The molecule has 0 atom stereocenters. The Kier molecular flexibility index (Phi) is 7.17. The van der Waals surface area contributed by atoms with Crippen LogP contribution in [0.15, 0.2) is 71.0 Å². The van der Waals surface area contributed by atoms with Gasteiger partial charge in [0, 0.05) is 35.5 Å². The summed E-state index contributed by atoms with van der Waals surface area (Å²) in [6.07, 6.45) is 7.55. The molecular formula is C31H35N3O2. The molecule has 5 heteroatoms. The molecule has 0 saturated heterocycles. The second kappa shape index (κ2) is 10.1. The Morgan fingerprint density at radius 3 is 2.25 bits per heavy atom. The summed E-state index contributed by atoms with van der Waals surface area (Å²) in [5.74, 6) is -0.802. The van der Waals surface area contributed by atoms with Gasteiger partial charge in [-0.2, -0.15) is 5.26 Å². The number of rotatable bonds is 7. The molecule has 2 aliphatic rings. The van der Waals surface area contributed by atoms with Crippen molar-refractivity contribution in [1.82, 2.24) is 4.90 Å². The lowest BCUT2D eigenvalue weighted by Gasteiger charge is -2.28. The van der Waals surface area contributed by atoms with Crippen molar-refractivity contribution in [2.45, 2.75) is 65.7 Å². The molecule has 4 rings (SSSR count). The lowest BCUT2D eigenvalue weighted by molar-refractivity contribution is -0.140. The Bertz CT molecular complexity index is 1350. The number of hydrogen-bond acceptors (Lipinski definition) is 4. The maximum Gasteiger partial charge on any atom is 0.271 e. The normalized spacial score (nSPS) is 19.6. The Balaban J connectivity index is 1.87. The van der Waals surface area contributed by atoms with E-state index in [0.29, 0.717) is 24.1 Å². The fourth-order valence-electron chi connectivity index (χ4n) is 5.43. The summed E-state index contributed by atoms with van der Waals surface area (Å²) in [5.41, 5.74) is 4.26. The number of carbonyl (C=O) groups excluding carboxylic acids is 2. The molecule has 2 aromatic carbocycles. The number of hydrogen-bond donors (Lipinski definition) is 0. The Labute approximate surface area is 214 Å². The third-order valence-corrected chi connectivity index (χ3v) is 7.46. The van der Waals surface area contributed by atoms with Gasteiger partial charge in [-0.3, -0.25) is 14.5 Å². The van der Waals surface area contributed by atoms with E-state index >= 15 is 0 Å². The van der Waals surface area contributed by atoms with Gasteiger partial charge in [-0.1, -0.05) is 70.9 Å². The molecule has 0 aliphatic carbocycles. The van der Waals surface area contributed by atoms with E-state index < -0.39 is 5.91 Å². The third-order valence-electron chi connectivity index (χ3n) is 7.46. The van der Waals surface area contributed by atoms with Crippen molar-refractivity contribution in [2.75, 3.05) is 18.0 Å². The molecule has 0 fully saturated rings. The summed E-state index contributed by atoms with van der Waals surface area (Å²) >= 11 is 0. The van der Waals surface area contributed by atoms with Crippen LogP contribution in [0.25, 0.3) is 10.8 Å². The Morgan fingerprint density at radius 1 is 0.917 bits per heavy atom. The fourth-order valence-corrected chi connectivity index (χ4v) is 5.43. The van der Waals surface area contributed by atoms with E-state index in [4.69, 9.17) is 0 Å². The maximum atomic E-state index is 13.4. The number of allylic oxidation sites excluding steroid dienone is 3. The Morgan fingerprint density at radius 2 is 1.58 bits per heavy atom. The molecule has 0 saturated carbocycles. The van der Waals surface area contributed by atoms with Crippen LogP contribution in [0.3, 0.4) is 0 Å². The van der Waals surface area contributed by atoms with E-state index in [1.165, 1.54) is 26.9 Å². The molecule has 2 heterocycles. The molecule has 36 heavy (non-hydrogen) atoms. The van der Waals surface area contributed by atoms with Gasteiger partial charge in [-0.05, 0) is 59.9 Å². The van der Waals surface area contributed by atoms with Crippen LogP contribution in [0.5, 0.6) is 0 Å². The SMILES string of the molecule is CCCCN1C(=O)C(C#N)=C(C)/C(=C/C=C2/N(CCCC)c3ccc4ccccc4c3C2(C)C)C1=O. The molecule has 2 aliphatic heterocycles. The average Bonchev–Trinajstić information content (AvgIpc) is 3.08. The minimum Gasteiger partial charge on any atom is -0.344 e. The molecule has 2 aromatic rings. The molecule has 0 aromatic heterocycles. The predicted molar refractivity (Wildman–Crippen MR) is 145 cm³/mol. The zero-order valence-electron chi connectivity index (χ0n) is 22.0. The number of nitriles is 1. The molecule has 186 valence electrons. The van der Waals surface area contributed by atoms with Gasteiger partial charge in [0.15, 0.2) is 0 Å². The van der Waals surface area contributed by atoms with Crippen molar-refractivity contribution in [3.63, 3.8) is 0 Å². The van der Waals surface area contributed by atoms with Crippen LogP contribution in [-0.4, -0.2) is 29.8 Å². The minimum atomic E-state index is -0.483. The first-order chi connectivity index (χ1) is 17.3. The fraction of sp³-hybridized carbons (Fsp3) is 0.387. The van der Waals surface area contributed by atoms with Gasteiger partial charge in [0.25, 0.3) is 11.8 Å². The maximum absolute atomic E-state index is 13.4. The summed E-state index contributed by atoms with van der Waals surface area (Å²) in [6, 6.07) is 14.9. The number of imide groups is 1. The largest absolute Gasteiger partial charge is 0.344 e. The smallest absolute Gasteiger partial charge is 0.271 e. The van der Waals surface area contributed by atoms with Crippen molar-refractivity contribution in [2.24, 2.45) is 0 Å². The standard InChI is InChI=1S/C31H35N3O2/c1-6-8-18-33-26-16-14-22-12-10-11-13-24(22)28(26)31(4,5)27(33)17-15-23-21(3)25(20-32)30(36)34(29(23)35)19-9-7-2/h10-17H,6-9,18-19H2,1-5H3/b23-15-,27-17+. The van der Waals surface area contributed by atoms with Crippen molar-refractivity contribution in [3.05, 3.63) is 76.5 Å². The van der Waals surface area contributed by atoms with E-state index in [-0.39, 0.29) is 16.9 Å². The number of amides is 2. The number of unbranched alkanes of at least 4 members (excludes halogenated alkanes) is 2. The summed E-state index contributed by atoms with van der Waals surface area (Å²) in [6.45, 7) is 11.6. The number of benzene rings is 2. The molecule has 0 radical (unpaired) electrons. The lowest BCUT2D eigenvalue weighted by atomic mass is 9.81. The first-order valence-corrected chi connectivity index (χ1v) is 13.0. The highest BCUT2D eigenvalue weighted by Crippen LogP contribution is 2.50. The van der Waals surface area contributed by atoms with Gasteiger partial charge in [-0.15, -0.1) is 0 Å². The molecular weight excluding hydrogens is 446 g/mol. The van der Waals surface area contributed by atoms with Crippen LogP contribution in [-0.2, 0) is 15.0 Å². The highest BCUT2D eigenvalue weighted by Gasteiger charge is 2.41. The van der Waals surface area contributed by atoms with E-state index in [1.54, 1.807) is 6.92 Å². The van der Waals surface area contributed by atoms with Gasteiger partial charge in [0.2, 0.25) is 0 Å². The molecule has 5 nitrogen and oxygen atoms in total.